The lowest BCUT2D eigenvalue weighted by Gasteiger charge is -2.16. The number of nitrogens with one attached hydrogen (secondary N) is 3. The van der Waals surface area contributed by atoms with Gasteiger partial charge in [-0.05, 0) is 66.6 Å². The lowest BCUT2D eigenvalue weighted by Crippen LogP contribution is -2.14. The highest BCUT2D eigenvalue weighted by molar-refractivity contribution is 7.92. The second kappa shape index (κ2) is 9.24. The summed E-state index contributed by atoms with van der Waals surface area (Å²) < 4.78 is 28.3. The van der Waals surface area contributed by atoms with Crippen LogP contribution in [0.25, 0.3) is 11.3 Å². The van der Waals surface area contributed by atoms with Gasteiger partial charge in [0.2, 0.25) is 0 Å². The van der Waals surface area contributed by atoms with Gasteiger partial charge in [0.15, 0.2) is 0 Å². The van der Waals surface area contributed by atoms with Crippen LogP contribution in [0.3, 0.4) is 0 Å². The Morgan fingerprint density at radius 2 is 1.50 bits per heavy atom. The van der Waals surface area contributed by atoms with E-state index in [2.05, 4.69) is 15.4 Å². The largest absolute Gasteiger partial charge is 0.399 e. The molecule has 1 amide bonds. The van der Waals surface area contributed by atoms with Crippen LogP contribution in [0, 0.1) is 6.92 Å². The van der Waals surface area contributed by atoms with E-state index >= 15 is 0 Å². The Kier molecular flexibility index (Phi) is 5.95. The standard InChI is InChI=1S/C28H24N4O3S/c1-18-7-5-6-10-25(18)36(34,35)32-22-14-12-21(13-15-22)30-27(19-8-3-2-4-9-19)26-23-17-20(29)11-16-24(23)31-28(26)33/h2-17,30,32H,29H2,1H3,(H,31,33)/b27-26-. The summed E-state index contributed by atoms with van der Waals surface area (Å²) in [7, 11) is -3.73. The van der Waals surface area contributed by atoms with E-state index in [1.165, 1.54) is 0 Å². The minimum atomic E-state index is -3.73. The maximum Gasteiger partial charge on any atom is 0.262 e. The third-order valence-corrected chi connectivity index (χ3v) is 7.43. The molecular weight excluding hydrogens is 472 g/mol. The Balaban J connectivity index is 1.49. The predicted molar refractivity (Wildman–Crippen MR) is 145 cm³/mol. The Morgan fingerprint density at radius 1 is 0.833 bits per heavy atom. The van der Waals surface area contributed by atoms with Gasteiger partial charge in [-0.1, -0.05) is 48.5 Å². The zero-order chi connectivity index (χ0) is 25.3. The molecule has 4 aromatic carbocycles. The third-order valence-electron chi connectivity index (χ3n) is 5.89. The Labute approximate surface area is 209 Å². The Hall–Kier alpha value is -4.56. The van der Waals surface area contributed by atoms with Crippen molar-refractivity contribution in [2.45, 2.75) is 11.8 Å². The minimum absolute atomic E-state index is 0.230. The number of sulfonamides is 1. The van der Waals surface area contributed by atoms with E-state index in [-0.39, 0.29) is 10.8 Å². The topological polar surface area (TPSA) is 113 Å². The van der Waals surface area contributed by atoms with Gasteiger partial charge in [-0.3, -0.25) is 9.52 Å². The normalized spacial score (nSPS) is 14.1. The molecule has 1 heterocycles. The first kappa shape index (κ1) is 23.2. The van der Waals surface area contributed by atoms with Crippen molar-refractivity contribution in [3.8, 4) is 0 Å². The number of amides is 1. The number of aryl methyl sites for hydroxylation is 1. The molecule has 1 aliphatic rings. The first-order valence-corrected chi connectivity index (χ1v) is 12.8. The fraction of sp³-hybridized carbons (Fsp3) is 0.0357. The second-order valence-corrected chi connectivity index (χ2v) is 10.1. The smallest absolute Gasteiger partial charge is 0.262 e. The summed E-state index contributed by atoms with van der Waals surface area (Å²) in [5, 5.41) is 6.26. The molecule has 0 fully saturated rings. The minimum Gasteiger partial charge on any atom is -0.399 e. The van der Waals surface area contributed by atoms with Crippen molar-refractivity contribution in [1.82, 2.24) is 0 Å². The summed E-state index contributed by atoms with van der Waals surface area (Å²) in [6, 6.07) is 28.5. The first-order valence-electron chi connectivity index (χ1n) is 11.3. The van der Waals surface area contributed by atoms with Crippen LogP contribution in [-0.4, -0.2) is 14.3 Å². The summed E-state index contributed by atoms with van der Waals surface area (Å²) in [6.07, 6.45) is 0. The number of nitrogen functional groups attached to an aromatic ring is 1. The van der Waals surface area contributed by atoms with E-state index in [0.717, 1.165) is 5.56 Å². The number of carbonyl (C=O) groups excluding carboxylic acids is 1. The van der Waals surface area contributed by atoms with Gasteiger partial charge in [0, 0.05) is 28.3 Å². The lowest BCUT2D eigenvalue weighted by atomic mass is 9.99. The second-order valence-electron chi connectivity index (χ2n) is 8.45. The average molecular weight is 497 g/mol. The summed E-state index contributed by atoms with van der Waals surface area (Å²) >= 11 is 0. The summed E-state index contributed by atoms with van der Waals surface area (Å²) in [6.45, 7) is 1.76. The molecule has 0 atom stereocenters. The highest BCUT2D eigenvalue weighted by Gasteiger charge is 2.28. The molecule has 0 saturated heterocycles. The van der Waals surface area contributed by atoms with Crippen molar-refractivity contribution in [3.63, 3.8) is 0 Å². The molecule has 0 unspecified atom stereocenters. The number of fused-ring (bicyclic) bond motifs is 1. The summed E-state index contributed by atoms with van der Waals surface area (Å²) in [5.41, 5.74) is 11.7. The Bertz CT molecular complexity index is 1600. The first-order chi connectivity index (χ1) is 17.3. The van der Waals surface area contributed by atoms with Crippen molar-refractivity contribution in [1.29, 1.82) is 0 Å². The monoisotopic (exact) mass is 496 g/mol. The highest BCUT2D eigenvalue weighted by atomic mass is 32.2. The predicted octanol–water partition coefficient (Wildman–Crippen LogP) is 5.31. The van der Waals surface area contributed by atoms with Crippen molar-refractivity contribution in [2.24, 2.45) is 0 Å². The molecule has 5 rings (SSSR count). The molecule has 8 heteroatoms. The molecule has 0 aromatic heterocycles. The van der Waals surface area contributed by atoms with Crippen LogP contribution < -0.4 is 21.1 Å². The van der Waals surface area contributed by atoms with Crippen LogP contribution in [0.2, 0.25) is 0 Å². The van der Waals surface area contributed by atoms with Gasteiger partial charge in [0.25, 0.3) is 15.9 Å². The van der Waals surface area contributed by atoms with Gasteiger partial charge in [0.05, 0.1) is 16.2 Å². The fourth-order valence-corrected chi connectivity index (χ4v) is 5.46. The van der Waals surface area contributed by atoms with Gasteiger partial charge >= 0.3 is 0 Å². The molecule has 1 aliphatic heterocycles. The lowest BCUT2D eigenvalue weighted by molar-refractivity contribution is -0.110. The quantitative estimate of drug-likeness (QED) is 0.213. The van der Waals surface area contributed by atoms with Crippen LogP contribution in [0.5, 0.6) is 0 Å². The third kappa shape index (κ3) is 4.54. The number of nitrogens with two attached hydrogens (primary N) is 1. The molecular formula is C28H24N4O3S. The SMILES string of the molecule is Cc1ccccc1S(=O)(=O)Nc1ccc(N/C(=C2\C(=O)Nc3ccc(N)cc32)c2ccccc2)cc1. The molecule has 0 saturated carbocycles. The molecule has 0 aliphatic carbocycles. The number of carbonyl (C=O) groups is 1. The van der Waals surface area contributed by atoms with Gasteiger partial charge in [-0.15, -0.1) is 0 Å². The summed E-state index contributed by atoms with van der Waals surface area (Å²) in [4.78, 5) is 13.2. The Morgan fingerprint density at radius 3 is 2.22 bits per heavy atom. The van der Waals surface area contributed by atoms with Crippen molar-refractivity contribution < 1.29 is 13.2 Å². The molecule has 0 spiro atoms. The van der Waals surface area contributed by atoms with Crippen molar-refractivity contribution in [3.05, 3.63) is 114 Å². The van der Waals surface area contributed by atoms with E-state index in [1.54, 1.807) is 73.7 Å². The molecule has 0 radical (unpaired) electrons. The number of benzene rings is 4. The molecule has 4 aromatic rings. The fourth-order valence-electron chi connectivity index (χ4n) is 4.15. The zero-order valence-electron chi connectivity index (χ0n) is 19.4. The molecule has 36 heavy (non-hydrogen) atoms. The van der Waals surface area contributed by atoms with Gasteiger partial charge in [-0.25, -0.2) is 8.42 Å². The van der Waals surface area contributed by atoms with E-state index < -0.39 is 10.0 Å². The van der Waals surface area contributed by atoms with E-state index in [0.29, 0.717) is 45.1 Å². The van der Waals surface area contributed by atoms with Crippen LogP contribution in [0.15, 0.2) is 102 Å². The van der Waals surface area contributed by atoms with E-state index in [9.17, 15) is 13.2 Å². The molecule has 180 valence electrons. The number of anilines is 4. The number of hydrogen-bond acceptors (Lipinski definition) is 5. The number of rotatable bonds is 6. The van der Waals surface area contributed by atoms with Crippen molar-refractivity contribution in [2.75, 3.05) is 21.1 Å². The van der Waals surface area contributed by atoms with Gasteiger partial charge in [0.1, 0.15) is 0 Å². The maximum atomic E-state index is 13.0. The van der Waals surface area contributed by atoms with Crippen LogP contribution in [0.4, 0.5) is 22.7 Å². The number of hydrogen-bond donors (Lipinski definition) is 4. The van der Waals surface area contributed by atoms with E-state index in [1.807, 2.05) is 30.3 Å². The average Bonchev–Trinajstić information content (AvgIpc) is 3.18. The van der Waals surface area contributed by atoms with Crippen LogP contribution >= 0.6 is 0 Å². The van der Waals surface area contributed by atoms with Crippen molar-refractivity contribution >= 4 is 50.0 Å². The maximum absolute atomic E-state index is 13.0. The zero-order valence-corrected chi connectivity index (χ0v) is 20.3. The van der Waals surface area contributed by atoms with Gasteiger partial charge < -0.3 is 16.4 Å². The molecule has 5 N–H and O–H groups in total. The molecule has 7 nitrogen and oxygen atoms in total. The van der Waals surface area contributed by atoms with Crippen LogP contribution in [-0.2, 0) is 14.8 Å². The van der Waals surface area contributed by atoms with E-state index in [4.69, 9.17) is 5.73 Å². The van der Waals surface area contributed by atoms with Gasteiger partial charge in [-0.2, -0.15) is 0 Å². The summed E-state index contributed by atoms with van der Waals surface area (Å²) in [5.74, 6) is -0.232. The highest BCUT2D eigenvalue weighted by Crippen LogP contribution is 2.38. The molecule has 0 bridgehead atoms. The van der Waals surface area contributed by atoms with Crippen LogP contribution in [0.1, 0.15) is 16.7 Å².